The van der Waals surface area contributed by atoms with Gasteiger partial charge in [-0.25, -0.2) is 0 Å². The average Bonchev–Trinajstić information content (AvgIpc) is 2.80. The number of amides is 1. The number of carbonyl (C=O) groups is 1. The van der Waals surface area contributed by atoms with Gasteiger partial charge in [-0.1, -0.05) is 17.7 Å². The Morgan fingerprint density at radius 1 is 1.37 bits per heavy atom. The lowest BCUT2D eigenvalue weighted by Gasteiger charge is -2.23. The van der Waals surface area contributed by atoms with Crippen molar-refractivity contribution in [2.75, 3.05) is 32.0 Å². The number of nitrogens with zero attached hydrogens (tertiary/aromatic N) is 1. The summed E-state index contributed by atoms with van der Waals surface area (Å²) in [6.07, 6.45) is 2.36. The van der Waals surface area contributed by atoms with Gasteiger partial charge in [0, 0.05) is 18.3 Å². The minimum Gasteiger partial charge on any atom is -0.325 e. The molecular weight excluding hydrogens is 238 g/mol. The number of carbonyl (C=O) groups excluding carboxylic acids is 1. The van der Waals surface area contributed by atoms with Crippen LogP contribution in [0, 0.1) is 6.92 Å². The highest BCUT2D eigenvalue weighted by Gasteiger charge is 2.25. The van der Waals surface area contributed by atoms with Crippen molar-refractivity contribution in [1.29, 1.82) is 0 Å². The van der Waals surface area contributed by atoms with E-state index in [9.17, 15) is 4.79 Å². The van der Waals surface area contributed by atoms with Crippen molar-refractivity contribution >= 4 is 11.6 Å². The van der Waals surface area contributed by atoms with Crippen LogP contribution in [0.1, 0.15) is 18.4 Å². The first kappa shape index (κ1) is 14.0. The van der Waals surface area contributed by atoms with Crippen LogP contribution in [0.15, 0.2) is 24.3 Å². The number of rotatable bonds is 5. The molecule has 104 valence electrons. The minimum absolute atomic E-state index is 0.0758. The lowest BCUT2D eigenvalue weighted by atomic mass is 10.2. The van der Waals surface area contributed by atoms with Crippen molar-refractivity contribution in [2.45, 2.75) is 25.8 Å². The van der Waals surface area contributed by atoms with E-state index in [0.29, 0.717) is 12.6 Å². The first-order valence-corrected chi connectivity index (χ1v) is 6.94. The summed E-state index contributed by atoms with van der Waals surface area (Å²) in [5.41, 5.74) is 2.08. The number of hydrogen-bond donors (Lipinski definition) is 2. The molecule has 0 saturated carbocycles. The lowest BCUT2D eigenvalue weighted by Crippen LogP contribution is -2.41. The Morgan fingerprint density at radius 2 is 2.11 bits per heavy atom. The second-order valence-corrected chi connectivity index (χ2v) is 5.24. The fourth-order valence-corrected chi connectivity index (χ4v) is 2.59. The quantitative estimate of drug-likeness (QED) is 0.846. The number of likely N-dealkylation sites (N-methyl/N-ethyl adjacent to an activating group) is 1. The highest BCUT2D eigenvalue weighted by Crippen LogP contribution is 2.16. The largest absolute Gasteiger partial charge is 0.325 e. The maximum atomic E-state index is 12.0. The van der Waals surface area contributed by atoms with E-state index in [2.05, 4.69) is 15.5 Å². The third kappa shape index (κ3) is 4.04. The van der Waals surface area contributed by atoms with Gasteiger partial charge in [-0.15, -0.1) is 0 Å². The van der Waals surface area contributed by atoms with Crippen molar-refractivity contribution < 1.29 is 4.79 Å². The summed E-state index contributed by atoms with van der Waals surface area (Å²) in [6, 6.07) is 8.41. The Kier molecular flexibility index (Phi) is 4.93. The Labute approximate surface area is 115 Å². The predicted molar refractivity (Wildman–Crippen MR) is 78.3 cm³/mol. The second-order valence-electron chi connectivity index (χ2n) is 5.24. The summed E-state index contributed by atoms with van der Waals surface area (Å²) >= 11 is 0. The van der Waals surface area contributed by atoms with E-state index < -0.39 is 0 Å². The summed E-state index contributed by atoms with van der Waals surface area (Å²) in [5.74, 6) is 0.0758. The standard InChI is InChI=1S/C15H23N3O/c1-12-5-7-13(8-6-12)17-15(19)11-18-9-3-4-14(18)10-16-2/h5-8,14,16H,3-4,9-11H2,1-2H3,(H,17,19). The van der Waals surface area contributed by atoms with Gasteiger partial charge in [0.05, 0.1) is 6.54 Å². The molecule has 0 aliphatic carbocycles. The van der Waals surface area contributed by atoms with Gasteiger partial charge >= 0.3 is 0 Å². The molecule has 1 amide bonds. The van der Waals surface area contributed by atoms with E-state index in [4.69, 9.17) is 0 Å². The zero-order chi connectivity index (χ0) is 13.7. The third-order valence-electron chi connectivity index (χ3n) is 3.62. The molecule has 2 rings (SSSR count). The Morgan fingerprint density at radius 3 is 2.79 bits per heavy atom. The number of benzene rings is 1. The zero-order valence-electron chi connectivity index (χ0n) is 11.8. The highest BCUT2D eigenvalue weighted by atomic mass is 16.2. The van der Waals surface area contributed by atoms with E-state index >= 15 is 0 Å². The molecule has 1 aromatic rings. The number of likely N-dealkylation sites (tertiary alicyclic amines) is 1. The summed E-state index contributed by atoms with van der Waals surface area (Å²) in [4.78, 5) is 14.3. The van der Waals surface area contributed by atoms with Gasteiger partial charge in [-0.2, -0.15) is 0 Å². The Balaban J connectivity index is 1.85. The van der Waals surface area contributed by atoms with Gasteiger partial charge in [0.15, 0.2) is 0 Å². The van der Waals surface area contributed by atoms with Crippen molar-refractivity contribution in [3.05, 3.63) is 29.8 Å². The molecule has 1 atom stereocenters. The van der Waals surface area contributed by atoms with Crippen LogP contribution in [0.3, 0.4) is 0 Å². The topological polar surface area (TPSA) is 44.4 Å². The van der Waals surface area contributed by atoms with Crippen LogP contribution in [-0.2, 0) is 4.79 Å². The van der Waals surface area contributed by atoms with Gasteiger partial charge < -0.3 is 10.6 Å². The van der Waals surface area contributed by atoms with Crippen LogP contribution < -0.4 is 10.6 Å². The monoisotopic (exact) mass is 261 g/mol. The average molecular weight is 261 g/mol. The summed E-state index contributed by atoms with van der Waals surface area (Å²) in [7, 11) is 1.96. The van der Waals surface area contributed by atoms with Crippen LogP contribution in [0.2, 0.25) is 0 Å². The normalized spacial score (nSPS) is 19.6. The Hall–Kier alpha value is -1.39. The van der Waals surface area contributed by atoms with E-state index in [-0.39, 0.29) is 5.91 Å². The summed E-state index contributed by atoms with van der Waals surface area (Å²) < 4.78 is 0. The molecule has 0 bridgehead atoms. The van der Waals surface area contributed by atoms with Gasteiger partial charge in [0.1, 0.15) is 0 Å². The molecule has 0 radical (unpaired) electrons. The van der Waals surface area contributed by atoms with Crippen molar-refractivity contribution in [2.24, 2.45) is 0 Å². The van der Waals surface area contributed by atoms with Crippen LogP contribution in [-0.4, -0.2) is 43.5 Å². The highest BCUT2D eigenvalue weighted by molar-refractivity contribution is 5.92. The van der Waals surface area contributed by atoms with Crippen molar-refractivity contribution in [3.8, 4) is 0 Å². The SMILES string of the molecule is CNCC1CCCN1CC(=O)Nc1ccc(C)cc1. The fraction of sp³-hybridized carbons (Fsp3) is 0.533. The van der Waals surface area contributed by atoms with E-state index in [0.717, 1.165) is 18.8 Å². The third-order valence-corrected chi connectivity index (χ3v) is 3.62. The van der Waals surface area contributed by atoms with Crippen LogP contribution in [0.4, 0.5) is 5.69 Å². The number of anilines is 1. The fourth-order valence-electron chi connectivity index (χ4n) is 2.59. The second kappa shape index (κ2) is 6.68. The number of nitrogens with one attached hydrogen (secondary N) is 2. The minimum atomic E-state index is 0.0758. The lowest BCUT2D eigenvalue weighted by molar-refractivity contribution is -0.117. The molecule has 4 heteroatoms. The molecule has 1 aromatic carbocycles. The molecule has 2 N–H and O–H groups in total. The number of hydrogen-bond acceptors (Lipinski definition) is 3. The maximum Gasteiger partial charge on any atom is 0.238 e. The van der Waals surface area contributed by atoms with Crippen molar-refractivity contribution in [1.82, 2.24) is 10.2 Å². The molecule has 1 aliphatic rings. The molecule has 19 heavy (non-hydrogen) atoms. The summed E-state index contributed by atoms with van der Waals surface area (Å²) in [6.45, 7) is 4.50. The van der Waals surface area contributed by atoms with Crippen LogP contribution >= 0.6 is 0 Å². The molecule has 1 fully saturated rings. The summed E-state index contributed by atoms with van der Waals surface area (Å²) in [5, 5.41) is 6.15. The van der Waals surface area contributed by atoms with E-state index in [1.165, 1.54) is 18.4 Å². The predicted octanol–water partition coefficient (Wildman–Crippen LogP) is 1.62. The molecule has 0 aromatic heterocycles. The molecule has 4 nitrogen and oxygen atoms in total. The van der Waals surface area contributed by atoms with Gasteiger partial charge in [-0.05, 0) is 45.5 Å². The molecule has 0 spiro atoms. The zero-order valence-corrected chi connectivity index (χ0v) is 11.8. The Bertz CT molecular complexity index is 416. The first-order chi connectivity index (χ1) is 9.19. The van der Waals surface area contributed by atoms with Crippen LogP contribution in [0.5, 0.6) is 0 Å². The van der Waals surface area contributed by atoms with Crippen molar-refractivity contribution in [3.63, 3.8) is 0 Å². The maximum absolute atomic E-state index is 12.0. The van der Waals surface area contributed by atoms with Gasteiger partial charge in [-0.3, -0.25) is 9.69 Å². The smallest absolute Gasteiger partial charge is 0.238 e. The van der Waals surface area contributed by atoms with Crippen LogP contribution in [0.25, 0.3) is 0 Å². The molecule has 1 unspecified atom stereocenters. The molecule has 1 heterocycles. The number of aryl methyl sites for hydroxylation is 1. The molecular formula is C15H23N3O. The van der Waals surface area contributed by atoms with Gasteiger partial charge in [0.2, 0.25) is 5.91 Å². The molecule has 1 saturated heterocycles. The van der Waals surface area contributed by atoms with E-state index in [1.54, 1.807) is 0 Å². The van der Waals surface area contributed by atoms with Gasteiger partial charge in [0.25, 0.3) is 0 Å². The molecule has 1 aliphatic heterocycles. The first-order valence-electron chi connectivity index (χ1n) is 6.94. The van der Waals surface area contributed by atoms with E-state index in [1.807, 2.05) is 38.2 Å².